The normalized spacial score (nSPS) is 11.7. The molecular formula is C9H13ClN2. The van der Waals surface area contributed by atoms with Crippen molar-refractivity contribution in [3.63, 3.8) is 0 Å². The molecule has 0 fully saturated rings. The van der Waals surface area contributed by atoms with Gasteiger partial charge in [0.2, 0.25) is 0 Å². The maximum absolute atomic E-state index is 5.44. The van der Waals surface area contributed by atoms with Crippen LogP contribution in [0.3, 0.4) is 0 Å². The molecule has 0 N–H and O–H groups in total. The minimum absolute atomic E-state index is 0.462. The molecule has 0 aliphatic carbocycles. The quantitative estimate of drug-likeness (QED) is 0.707. The van der Waals surface area contributed by atoms with E-state index in [1.165, 1.54) is 5.54 Å². The zero-order chi connectivity index (χ0) is 8.97. The average Bonchev–Trinajstić information content (AvgIpc) is 2.48. The minimum atomic E-state index is 0.462. The second kappa shape index (κ2) is 4.31. The van der Waals surface area contributed by atoms with Gasteiger partial charge in [0.1, 0.15) is 5.82 Å². The Morgan fingerprint density at radius 1 is 1.67 bits per heavy atom. The summed E-state index contributed by atoms with van der Waals surface area (Å²) in [5, 5.41) is 0. The van der Waals surface area contributed by atoms with Gasteiger partial charge in [0, 0.05) is 30.4 Å². The summed E-state index contributed by atoms with van der Waals surface area (Å²) in [6, 6.07) is 0. The number of imidazole rings is 1. The maximum atomic E-state index is 5.44. The molecular weight excluding hydrogens is 172 g/mol. The lowest BCUT2D eigenvalue weighted by Crippen LogP contribution is -2.02. The summed E-state index contributed by atoms with van der Waals surface area (Å²) < 4.78 is 2.09. The van der Waals surface area contributed by atoms with Crippen molar-refractivity contribution in [2.45, 2.75) is 26.3 Å². The molecule has 12 heavy (non-hydrogen) atoms. The molecule has 0 unspecified atom stereocenters. The molecule has 3 heteroatoms. The van der Waals surface area contributed by atoms with Crippen LogP contribution in [0.15, 0.2) is 24.0 Å². The lowest BCUT2D eigenvalue weighted by Gasteiger charge is -2.06. The smallest absolute Gasteiger partial charge is 0.111 e. The van der Waals surface area contributed by atoms with Gasteiger partial charge in [-0.25, -0.2) is 4.98 Å². The fourth-order valence-corrected chi connectivity index (χ4v) is 1.21. The summed E-state index contributed by atoms with van der Waals surface area (Å²) in [5.41, 5.74) is 1.53. The third-order valence-corrected chi connectivity index (χ3v) is 1.83. The van der Waals surface area contributed by atoms with E-state index in [0.717, 1.165) is 12.4 Å². The molecule has 66 valence electrons. The molecule has 1 aromatic rings. The Kier molecular flexibility index (Phi) is 3.35. The highest BCUT2D eigenvalue weighted by Crippen LogP contribution is 2.11. The topological polar surface area (TPSA) is 17.8 Å². The van der Waals surface area contributed by atoms with Gasteiger partial charge in [-0.3, -0.25) is 0 Å². The van der Waals surface area contributed by atoms with E-state index in [1.807, 2.05) is 18.5 Å². The van der Waals surface area contributed by atoms with Gasteiger partial charge < -0.3 is 4.57 Å². The highest BCUT2D eigenvalue weighted by molar-refractivity contribution is 6.25. The third-order valence-electron chi connectivity index (χ3n) is 1.66. The lowest BCUT2D eigenvalue weighted by atomic mass is 10.2. The number of hydrogen-bond acceptors (Lipinski definition) is 1. The number of halogens is 1. The monoisotopic (exact) mass is 184 g/mol. The molecule has 1 rings (SSSR count). The van der Waals surface area contributed by atoms with Crippen LogP contribution < -0.4 is 0 Å². The first kappa shape index (κ1) is 9.33. The molecule has 0 bridgehead atoms. The Morgan fingerprint density at radius 3 is 3.00 bits per heavy atom. The number of rotatable bonds is 3. The predicted octanol–water partition coefficient (Wildman–Crippen LogP) is 2.76. The van der Waals surface area contributed by atoms with Crippen LogP contribution in [0.2, 0.25) is 0 Å². The molecule has 0 spiro atoms. The van der Waals surface area contributed by atoms with Crippen LogP contribution in [0.1, 0.15) is 25.6 Å². The van der Waals surface area contributed by atoms with E-state index in [2.05, 4.69) is 23.4 Å². The van der Waals surface area contributed by atoms with Crippen molar-refractivity contribution in [2.24, 2.45) is 0 Å². The maximum Gasteiger partial charge on any atom is 0.111 e. The van der Waals surface area contributed by atoms with Gasteiger partial charge in [-0.15, -0.1) is 0 Å². The fourth-order valence-electron chi connectivity index (χ4n) is 1.13. The summed E-state index contributed by atoms with van der Waals surface area (Å²) >= 11 is 5.44. The van der Waals surface area contributed by atoms with Gasteiger partial charge in [-0.2, -0.15) is 0 Å². The summed E-state index contributed by atoms with van der Waals surface area (Å²) in [7, 11) is 0. The van der Waals surface area contributed by atoms with E-state index in [0.29, 0.717) is 5.92 Å². The van der Waals surface area contributed by atoms with Crippen molar-refractivity contribution in [1.29, 1.82) is 0 Å². The Balaban J connectivity index is 2.77. The van der Waals surface area contributed by atoms with Crippen molar-refractivity contribution in [3.05, 3.63) is 29.8 Å². The van der Waals surface area contributed by atoms with Crippen LogP contribution >= 0.6 is 11.6 Å². The largest absolute Gasteiger partial charge is 0.331 e. The van der Waals surface area contributed by atoms with Crippen LogP contribution in [0.25, 0.3) is 0 Å². The van der Waals surface area contributed by atoms with Crippen molar-refractivity contribution < 1.29 is 0 Å². The van der Waals surface area contributed by atoms with Crippen LogP contribution in [-0.4, -0.2) is 9.55 Å². The molecule has 0 saturated carbocycles. The Hall–Kier alpha value is -0.760. The number of aromatic nitrogens is 2. The molecule has 2 nitrogen and oxygen atoms in total. The van der Waals surface area contributed by atoms with E-state index in [1.54, 1.807) is 0 Å². The summed E-state index contributed by atoms with van der Waals surface area (Å²) in [6.45, 7) is 5.06. The van der Waals surface area contributed by atoms with Gasteiger partial charge in [-0.05, 0) is 0 Å². The number of nitrogens with zero attached hydrogens (tertiary/aromatic N) is 2. The fraction of sp³-hybridized carbons (Fsp3) is 0.444. The molecule has 0 atom stereocenters. The number of hydrogen-bond donors (Lipinski definition) is 0. The van der Waals surface area contributed by atoms with Gasteiger partial charge in [0.05, 0.1) is 0 Å². The Morgan fingerprint density at radius 2 is 2.42 bits per heavy atom. The van der Waals surface area contributed by atoms with Gasteiger partial charge >= 0.3 is 0 Å². The van der Waals surface area contributed by atoms with E-state index >= 15 is 0 Å². The highest BCUT2D eigenvalue weighted by atomic mass is 35.5. The molecule has 0 radical (unpaired) electrons. The first-order valence-electron chi connectivity index (χ1n) is 4.02. The van der Waals surface area contributed by atoms with Crippen molar-refractivity contribution >= 4 is 11.6 Å². The third kappa shape index (κ3) is 2.11. The molecule has 1 heterocycles. The van der Waals surface area contributed by atoms with E-state index in [-0.39, 0.29) is 0 Å². The second-order valence-corrected chi connectivity index (χ2v) is 3.21. The second-order valence-electron chi connectivity index (χ2n) is 2.95. The van der Waals surface area contributed by atoms with Crippen LogP contribution in [0.5, 0.6) is 0 Å². The van der Waals surface area contributed by atoms with Crippen molar-refractivity contribution in [1.82, 2.24) is 9.55 Å². The lowest BCUT2D eigenvalue weighted by molar-refractivity contribution is 0.678. The highest BCUT2D eigenvalue weighted by Gasteiger charge is 2.04. The predicted molar refractivity (Wildman–Crippen MR) is 51.3 cm³/mol. The minimum Gasteiger partial charge on any atom is -0.331 e. The van der Waals surface area contributed by atoms with Gasteiger partial charge in [0.15, 0.2) is 0 Å². The molecule has 0 amide bonds. The Bertz CT molecular complexity index is 263. The summed E-state index contributed by atoms with van der Waals surface area (Å²) in [4.78, 5) is 4.25. The first-order chi connectivity index (χ1) is 5.75. The van der Waals surface area contributed by atoms with Crippen LogP contribution in [0, 0.1) is 0 Å². The van der Waals surface area contributed by atoms with E-state index in [4.69, 9.17) is 11.6 Å². The first-order valence-corrected chi connectivity index (χ1v) is 4.45. The molecule has 1 aromatic heterocycles. The van der Waals surface area contributed by atoms with E-state index < -0.39 is 0 Å². The molecule has 0 aliphatic heterocycles. The van der Waals surface area contributed by atoms with Gasteiger partial charge in [0.25, 0.3) is 0 Å². The van der Waals surface area contributed by atoms with Gasteiger partial charge in [-0.1, -0.05) is 31.5 Å². The average molecular weight is 185 g/mol. The number of allylic oxidation sites excluding steroid dienone is 1. The standard InChI is InChI=1S/C9H13ClN2/c1-8(2)9-11-5-7-12(9)6-3-4-10/h3-5,7-8H,6H2,1-2H3/b4-3+. The zero-order valence-electron chi connectivity index (χ0n) is 7.37. The summed E-state index contributed by atoms with van der Waals surface area (Å²) in [6.07, 6.45) is 5.68. The molecule has 0 saturated heterocycles. The Labute approximate surface area is 77.9 Å². The van der Waals surface area contributed by atoms with Crippen molar-refractivity contribution in [2.75, 3.05) is 0 Å². The van der Waals surface area contributed by atoms with Crippen molar-refractivity contribution in [3.8, 4) is 0 Å². The van der Waals surface area contributed by atoms with E-state index in [9.17, 15) is 0 Å². The molecule has 0 aliphatic rings. The van der Waals surface area contributed by atoms with Crippen LogP contribution in [-0.2, 0) is 6.54 Å². The molecule has 0 aromatic carbocycles. The summed E-state index contributed by atoms with van der Waals surface area (Å²) in [5.74, 6) is 1.56. The SMILES string of the molecule is CC(C)c1nccn1C/C=C/Cl. The van der Waals surface area contributed by atoms with Crippen LogP contribution in [0.4, 0.5) is 0 Å². The zero-order valence-corrected chi connectivity index (χ0v) is 8.12.